The number of hydrogen-bond donors (Lipinski definition) is 0. The van der Waals surface area contributed by atoms with Crippen LogP contribution in [0.4, 0.5) is 0 Å². The molecule has 0 saturated heterocycles. The fourth-order valence-corrected chi connectivity index (χ4v) is 0.377. The molecule has 0 fully saturated rings. The van der Waals surface area contributed by atoms with Gasteiger partial charge in [-0.1, -0.05) is 11.6 Å². The maximum Gasteiger partial charge on any atom is 0.218 e. The molecule has 0 N–H and O–H groups in total. The van der Waals surface area contributed by atoms with Gasteiger partial charge in [0, 0.05) is 6.42 Å². The molecule has 44 valence electrons. The molecule has 0 rings (SSSR count). The molecule has 0 aliphatic heterocycles. The summed E-state index contributed by atoms with van der Waals surface area (Å²) in [6.07, 6.45) is 2.98. The minimum absolute atomic E-state index is 0.635. The highest BCUT2D eigenvalue weighted by Gasteiger charge is 1.86. The van der Waals surface area contributed by atoms with Gasteiger partial charge in [0.2, 0.25) is 6.54 Å². The van der Waals surface area contributed by atoms with Gasteiger partial charge in [0.25, 0.3) is 0 Å². The fraction of sp³-hybridized carbons (Fsp3) is 0.571. The zero-order valence-corrected chi connectivity index (χ0v) is 5.44. The number of allylic oxidation sites excluding steroid dienone is 1. The lowest BCUT2D eigenvalue weighted by Gasteiger charge is -1.87. The van der Waals surface area contributed by atoms with E-state index in [2.05, 4.69) is 4.85 Å². The predicted octanol–water partition coefficient (Wildman–Crippen LogP) is 2.26. The second-order valence-corrected chi connectivity index (χ2v) is 1.77. The van der Waals surface area contributed by atoms with E-state index < -0.39 is 0 Å². The van der Waals surface area contributed by atoms with Crippen LogP contribution in [0.3, 0.4) is 0 Å². The quantitative estimate of drug-likeness (QED) is 0.378. The Morgan fingerprint density at radius 2 is 2.38 bits per heavy atom. The summed E-state index contributed by atoms with van der Waals surface area (Å²) in [5.41, 5.74) is 1.31. The van der Waals surface area contributed by atoms with E-state index in [1.165, 1.54) is 5.57 Å². The first-order valence-electron chi connectivity index (χ1n) is 2.76. The standard InChI is InChI=1S/C7H11N/c1-4-7(2)5-6-8-3/h4H,5-6H2,1-2H3. The van der Waals surface area contributed by atoms with Crippen molar-refractivity contribution in [2.24, 2.45) is 0 Å². The van der Waals surface area contributed by atoms with E-state index >= 15 is 0 Å². The monoisotopic (exact) mass is 109 g/mol. The summed E-state index contributed by atoms with van der Waals surface area (Å²) in [6, 6.07) is 0. The largest absolute Gasteiger partial charge is 0.317 e. The van der Waals surface area contributed by atoms with Crippen molar-refractivity contribution in [3.8, 4) is 0 Å². The first-order valence-corrected chi connectivity index (χ1v) is 2.76. The van der Waals surface area contributed by atoms with Crippen LogP contribution in [-0.2, 0) is 0 Å². The van der Waals surface area contributed by atoms with Crippen LogP contribution >= 0.6 is 0 Å². The molecule has 0 spiro atoms. The molecule has 1 nitrogen and oxygen atoms in total. The number of rotatable bonds is 2. The maximum atomic E-state index is 6.47. The average molecular weight is 109 g/mol. The molecule has 0 unspecified atom stereocenters. The first-order chi connectivity index (χ1) is 3.81. The minimum Gasteiger partial charge on any atom is -0.317 e. The molecule has 1 heteroatoms. The third-order valence-corrected chi connectivity index (χ3v) is 1.11. The molecule has 0 radical (unpaired) electrons. The van der Waals surface area contributed by atoms with Crippen LogP contribution in [0.5, 0.6) is 0 Å². The number of nitrogens with zero attached hydrogens (tertiary/aromatic N) is 1. The number of hydrogen-bond acceptors (Lipinski definition) is 0. The highest BCUT2D eigenvalue weighted by molar-refractivity contribution is 4.96. The van der Waals surface area contributed by atoms with Crippen molar-refractivity contribution in [2.75, 3.05) is 6.54 Å². The van der Waals surface area contributed by atoms with E-state index in [0.717, 1.165) is 6.42 Å². The van der Waals surface area contributed by atoms with Crippen molar-refractivity contribution in [3.63, 3.8) is 0 Å². The Morgan fingerprint density at radius 3 is 2.75 bits per heavy atom. The summed E-state index contributed by atoms with van der Waals surface area (Å²) in [4.78, 5) is 3.23. The summed E-state index contributed by atoms with van der Waals surface area (Å²) < 4.78 is 0. The Balaban J connectivity index is 3.29. The van der Waals surface area contributed by atoms with E-state index in [1.54, 1.807) is 0 Å². The van der Waals surface area contributed by atoms with E-state index in [9.17, 15) is 0 Å². The highest BCUT2D eigenvalue weighted by Crippen LogP contribution is 1.97. The molecule has 0 amide bonds. The SMILES string of the molecule is [C-]#[N+]CCC(C)=CC. The van der Waals surface area contributed by atoms with Crippen molar-refractivity contribution in [1.82, 2.24) is 0 Å². The summed E-state index contributed by atoms with van der Waals surface area (Å²) in [5.74, 6) is 0. The van der Waals surface area contributed by atoms with Gasteiger partial charge in [0.05, 0.1) is 0 Å². The molecule has 0 saturated carbocycles. The Labute approximate surface area is 50.8 Å². The molecule has 0 atom stereocenters. The smallest absolute Gasteiger partial charge is 0.218 e. The molecule has 0 aliphatic carbocycles. The van der Waals surface area contributed by atoms with Gasteiger partial charge in [-0.05, 0) is 13.8 Å². The van der Waals surface area contributed by atoms with Gasteiger partial charge in [0.15, 0.2) is 0 Å². The van der Waals surface area contributed by atoms with Gasteiger partial charge in [-0.3, -0.25) is 0 Å². The van der Waals surface area contributed by atoms with Crippen molar-refractivity contribution >= 4 is 0 Å². The Morgan fingerprint density at radius 1 is 1.75 bits per heavy atom. The molecule has 0 aromatic rings. The van der Waals surface area contributed by atoms with Crippen LogP contribution in [-0.4, -0.2) is 6.54 Å². The predicted molar refractivity (Wildman–Crippen MR) is 35.5 cm³/mol. The topological polar surface area (TPSA) is 4.36 Å². The van der Waals surface area contributed by atoms with Gasteiger partial charge in [0.1, 0.15) is 0 Å². The lowest BCUT2D eigenvalue weighted by atomic mass is 10.2. The van der Waals surface area contributed by atoms with Crippen LogP contribution in [0, 0.1) is 6.57 Å². The normalized spacial score (nSPS) is 10.9. The Hall–Kier alpha value is -0.770. The average Bonchev–Trinajstić information content (AvgIpc) is 1.83. The third-order valence-electron chi connectivity index (χ3n) is 1.11. The second kappa shape index (κ2) is 4.39. The fourth-order valence-electron chi connectivity index (χ4n) is 0.377. The van der Waals surface area contributed by atoms with Gasteiger partial charge in [-0.2, -0.15) is 0 Å². The molecule has 0 bridgehead atoms. The van der Waals surface area contributed by atoms with E-state index in [0.29, 0.717) is 6.54 Å². The first kappa shape index (κ1) is 7.23. The van der Waals surface area contributed by atoms with Crippen LogP contribution in [0.2, 0.25) is 0 Å². The zero-order chi connectivity index (χ0) is 6.41. The van der Waals surface area contributed by atoms with Crippen LogP contribution in [0.1, 0.15) is 20.3 Å². The van der Waals surface area contributed by atoms with Crippen molar-refractivity contribution in [1.29, 1.82) is 0 Å². The third kappa shape index (κ3) is 3.42. The van der Waals surface area contributed by atoms with Gasteiger partial charge < -0.3 is 4.85 Å². The summed E-state index contributed by atoms with van der Waals surface area (Å²) in [7, 11) is 0. The highest BCUT2D eigenvalue weighted by atomic mass is 14.6. The van der Waals surface area contributed by atoms with E-state index in [1.807, 2.05) is 19.9 Å². The van der Waals surface area contributed by atoms with Gasteiger partial charge in [-0.15, -0.1) is 0 Å². The molecule has 0 heterocycles. The minimum atomic E-state index is 0.635. The summed E-state index contributed by atoms with van der Waals surface area (Å²) in [6.45, 7) is 11.2. The summed E-state index contributed by atoms with van der Waals surface area (Å²) >= 11 is 0. The van der Waals surface area contributed by atoms with E-state index in [4.69, 9.17) is 6.57 Å². The van der Waals surface area contributed by atoms with Crippen molar-refractivity contribution in [2.45, 2.75) is 20.3 Å². The van der Waals surface area contributed by atoms with Crippen LogP contribution in [0.15, 0.2) is 11.6 Å². The van der Waals surface area contributed by atoms with Gasteiger partial charge >= 0.3 is 0 Å². The van der Waals surface area contributed by atoms with Crippen molar-refractivity contribution in [3.05, 3.63) is 23.1 Å². The molecule has 0 aromatic carbocycles. The maximum absolute atomic E-state index is 6.47. The molecular formula is C7H11N. The van der Waals surface area contributed by atoms with E-state index in [-0.39, 0.29) is 0 Å². The molecule has 0 aromatic heterocycles. The lowest BCUT2D eigenvalue weighted by molar-refractivity contribution is 1.04. The Kier molecular flexibility index (Phi) is 3.97. The molecule has 0 aliphatic rings. The van der Waals surface area contributed by atoms with Crippen molar-refractivity contribution < 1.29 is 0 Å². The van der Waals surface area contributed by atoms with Crippen LogP contribution in [0.25, 0.3) is 4.85 Å². The summed E-state index contributed by atoms with van der Waals surface area (Å²) in [5, 5.41) is 0. The second-order valence-electron chi connectivity index (χ2n) is 1.77. The van der Waals surface area contributed by atoms with Gasteiger partial charge in [-0.25, -0.2) is 6.57 Å². The lowest BCUT2D eigenvalue weighted by Crippen LogP contribution is -1.77. The molecule has 8 heavy (non-hydrogen) atoms. The van der Waals surface area contributed by atoms with Crippen LogP contribution < -0.4 is 0 Å². The zero-order valence-electron chi connectivity index (χ0n) is 5.44. The molecular weight excluding hydrogens is 98.1 g/mol. The Bertz CT molecular complexity index is 117.